The Morgan fingerprint density at radius 3 is 1.88 bits per heavy atom. The van der Waals surface area contributed by atoms with Crippen LogP contribution in [0.2, 0.25) is 0 Å². The molecule has 0 aromatic rings. The highest BCUT2D eigenvalue weighted by molar-refractivity contribution is 4.68. The van der Waals surface area contributed by atoms with Gasteiger partial charge >= 0.3 is 0 Å². The Kier molecular flexibility index (Phi) is 9.89. The minimum absolute atomic E-state index is 0.917. The molecule has 0 saturated carbocycles. The monoisotopic (exact) mass is 339 g/mol. The molecule has 0 radical (unpaired) electrons. The average molecular weight is 340 g/mol. The van der Waals surface area contributed by atoms with E-state index in [-0.39, 0.29) is 0 Å². The second kappa shape index (κ2) is 10.8. The van der Waals surface area contributed by atoms with Crippen LogP contribution >= 0.6 is 0 Å². The molecule has 1 aliphatic heterocycles. The van der Waals surface area contributed by atoms with Crippen LogP contribution in [0.4, 0.5) is 0 Å². The lowest BCUT2D eigenvalue weighted by atomic mass is 10.0. The maximum Gasteiger partial charge on any atom is 0.0815 e. The Balaban J connectivity index is 2.26. The largest absolute Gasteiger partial charge is 0.454 e. The van der Waals surface area contributed by atoms with Crippen LogP contribution in [-0.4, -0.2) is 55.3 Å². The molecule has 0 N–H and O–H groups in total. The Labute approximate surface area is 153 Å². The lowest BCUT2D eigenvalue weighted by Gasteiger charge is -2.48. The molecule has 1 heterocycles. The first kappa shape index (κ1) is 22.0. The number of quaternary nitrogens is 2. The predicted octanol–water partition coefficient (Wildman–Crippen LogP) is 5.49. The molecule has 0 aliphatic carbocycles. The van der Waals surface area contributed by atoms with Crippen molar-refractivity contribution in [3.63, 3.8) is 0 Å². The summed E-state index contributed by atoms with van der Waals surface area (Å²) in [6.45, 7) is 22.7. The molecule has 24 heavy (non-hydrogen) atoms. The van der Waals surface area contributed by atoms with Crippen LogP contribution in [0.5, 0.6) is 0 Å². The highest BCUT2D eigenvalue weighted by Crippen LogP contribution is 2.28. The summed E-state index contributed by atoms with van der Waals surface area (Å²) in [7, 11) is 2.49. The highest BCUT2D eigenvalue weighted by atomic mass is 15.4. The van der Waals surface area contributed by atoms with Crippen LogP contribution in [0, 0.1) is 18.4 Å². The van der Waals surface area contributed by atoms with Crippen LogP contribution < -0.4 is 0 Å². The van der Waals surface area contributed by atoms with E-state index in [4.69, 9.17) is 0 Å². The van der Waals surface area contributed by atoms with E-state index in [2.05, 4.69) is 48.2 Å². The van der Waals surface area contributed by atoms with E-state index >= 15 is 0 Å². The molecule has 1 rings (SSSR count). The van der Waals surface area contributed by atoms with E-state index in [0.29, 0.717) is 0 Å². The van der Waals surface area contributed by atoms with Crippen LogP contribution in [0.3, 0.4) is 0 Å². The topological polar surface area (TPSA) is 0 Å². The molecule has 2 atom stereocenters. The molecule has 2 nitrogen and oxygen atoms in total. The summed E-state index contributed by atoms with van der Waals surface area (Å²) in [5, 5.41) is 0. The minimum atomic E-state index is 0.917. The summed E-state index contributed by atoms with van der Waals surface area (Å²) in [5.74, 6) is 1.83. The molecule has 1 aliphatic rings. The lowest BCUT2D eigenvalue weighted by Crippen LogP contribution is -2.47. The summed E-state index contributed by atoms with van der Waals surface area (Å²) >= 11 is 0. The molecular weight excluding hydrogens is 292 g/mol. The van der Waals surface area contributed by atoms with Gasteiger partial charge in [0, 0.05) is 11.8 Å². The van der Waals surface area contributed by atoms with Crippen molar-refractivity contribution in [2.45, 2.75) is 79.6 Å². The van der Waals surface area contributed by atoms with Crippen LogP contribution in [0.1, 0.15) is 79.6 Å². The number of hydrogen-bond acceptors (Lipinski definition) is 0. The molecule has 1 fully saturated rings. The summed E-state index contributed by atoms with van der Waals surface area (Å²) in [5.41, 5.74) is 0. The van der Waals surface area contributed by atoms with Crippen molar-refractivity contribution in [2.24, 2.45) is 11.8 Å². The Morgan fingerprint density at radius 1 is 0.833 bits per heavy atom. The van der Waals surface area contributed by atoms with Crippen molar-refractivity contribution in [3.05, 3.63) is 6.54 Å². The summed E-state index contributed by atoms with van der Waals surface area (Å²) in [6, 6.07) is 0. The first-order valence-electron chi connectivity index (χ1n) is 10.9. The molecule has 0 bridgehead atoms. The van der Waals surface area contributed by atoms with Crippen molar-refractivity contribution in [2.75, 3.05) is 46.3 Å². The first-order chi connectivity index (χ1) is 11.4. The van der Waals surface area contributed by atoms with E-state index in [9.17, 15) is 0 Å². The molecule has 1 saturated heterocycles. The molecule has 0 amide bonds. The van der Waals surface area contributed by atoms with Crippen LogP contribution in [0.15, 0.2) is 0 Å². The lowest BCUT2D eigenvalue weighted by molar-refractivity contribution is -0.901. The van der Waals surface area contributed by atoms with Gasteiger partial charge in [-0.3, -0.25) is 0 Å². The zero-order valence-electron chi connectivity index (χ0n) is 17.8. The third-order valence-electron chi connectivity index (χ3n) is 6.39. The van der Waals surface area contributed by atoms with Gasteiger partial charge in [0.15, 0.2) is 0 Å². The van der Waals surface area contributed by atoms with Crippen molar-refractivity contribution < 1.29 is 8.97 Å². The third kappa shape index (κ3) is 7.04. The third-order valence-corrected chi connectivity index (χ3v) is 6.39. The van der Waals surface area contributed by atoms with Gasteiger partial charge in [0.1, 0.15) is 0 Å². The predicted molar refractivity (Wildman–Crippen MR) is 108 cm³/mol. The second-order valence-electron chi connectivity index (χ2n) is 9.06. The smallest absolute Gasteiger partial charge is 0.0815 e. The Hall–Kier alpha value is -0.0800. The summed E-state index contributed by atoms with van der Waals surface area (Å²) in [6.07, 6.45) is 9.52. The van der Waals surface area contributed by atoms with Gasteiger partial charge in [0.2, 0.25) is 0 Å². The first-order valence-corrected chi connectivity index (χ1v) is 10.9. The van der Waals surface area contributed by atoms with Gasteiger partial charge in [-0.05, 0) is 38.5 Å². The number of likely N-dealkylation sites (tertiary alicyclic amines) is 1. The maximum absolute atomic E-state index is 2.59. The van der Waals surface area contributed by atoms with E-state index in [0.717, 1.165) is 11.8 Å². The van der Waals surface area contributed by atoms with Crippen molar-refractivity contribution in [1.82, 2.24) is 0 Å². The van der Waals surface area contributed by atoms with Gasteiger partial charge in [-0.15, -0.1) is 13.0 Å². The van der Waals surface area contributed by atoms with Crippen molar-refractivity contribution in [3.8, 4) is 0 Å². The minimum Gasteiger partial charge on any atom is -0.454 e. The van der Waals surface area contributed by atoms with Gasteiger partial charge in [-0.2, -0.15) is 0 Å². The van der Waals surface area contributed by atoms with E-state index in [1.165, 1.54) is 93.2 Å². The average Bonchev–Trinajstić information content (AvgIpc) is 2.77. The number of unbranched alkanes of at least 4 members (excludes halogenated alkanes) is 3. The fourth-order valence-corrected chi connectivity index (χ4v) is 5.17. The fourth-order valence-electron chi connectivity index (χ4n) is 5.17. The zero-order valence-corrected chi connectivity index (χ0v) is 17.8. The normalized spacial score (nSPS) is 27.8. The second-order valence-corrected chi connectivity index (χ2v) is 9.06. The summed E-state index contributed by atoms with van der Waals surface area (Å²) in [4.78, 5) is 0. The van der Waals surface area contributed by atoms with Gasteiger partial charge < -0.3 is 8.97 Å². The van der Waals surface area contributed by atoms with Gasteiger partial charge in [0.25, 0.3) is 0 Å². The van der Waals surface area contributed by atoms with Crippen molar-refractivity contribution >= 4 is 0 Å². The number of nitrogens with zero attached hydrogens (tertiary/aromatic N) is 2. The van der Waals surface area contributed by atoms with Gasteiger partial charge in [-0.1, -0.05) is 34.6 Å². The highest BCUT2D eigenvalue weighted by Gasteiger charge is 2.36. The quantitative estimate of drug-likeness (QED) is 0.236. The van der Waals surface area contributed by atoms with Gasteiger partial charge in [-0.25, -0.2) is 0 Å². The Morgan fingerprint density at radius 2 is 1.38 bits per heavy atom. The molecular formula is C22H47N2+. The van der Waals surface area contributed by atoms with Crippen molar-refractivity contribution in [1.29, 1.82) is 0 Å². The maximum atomic E-state index is 2.59. The Bertz CT molecular complexity index is 299. The van der Waals surface area contributed by atoms with Crippen LogP contribution in [0.25, 0.3) is 0 Å². The molecule has 2 heteroatoms. The number of rotatable bonds is 13. The summed E-state index contributed by atoms with van der Waals surface area (Å²) < 4.78 is 2.60. The number of hydrogen-bond donors (Lipinski definition) is 0. The SMILES string of the molecule is CC[CH-][N+](CCC)(CCC)CCCCCC[N+]1(C)CC(C)C(C)C1. The molecule has 0 aromatic heterocycles. The van der Waals surface area contributed by atoms with E-state index in [1.807, 2.05) is 0 Å². The molecule has 2 unspecified atom stereocenters. The van der Waals surface area contributed by atoms with E-state index < -0.39 is 0 Å². The zero-order chi connectivity index (χ0) is 18.1. The van der Waals surface area contributed by atoms with E-state index in [1.54, 1.807) is 0 Å². The molecule has 144 valence electrons. The fraction of sp³-hybridized carbons (Fsp3) is 0.955. The van der Waals surface area contributed by atoms with Gasteiger partial charge in [0.05, 0.1) is 46.3 Å². The molecule has 0 aromatic carbocycles. The standard InChI is InChI=1S/C22H47N2/c1-7-14-24(15-8-2,16-9-3)18-13-11-10-12-17-23(6)19-21(4)22(5)20-23/h14,21-22H,7-13,15-20H2,1-6H3/q+1. The van der Waals surface area contributed by atoms with Crippen LogP contribution in [-0.2, 0) is 0 Å². The molecule has 0 spiro atoms.